The van der Waals surface area contributed by atoms with E-state index in [1.54, 1.807) is 6.08 Å². The van der Waals surface area contributed by atoms with E-state index in [2.05, 4.69) is 4.98 Å². The number of aromatic nitrogens is 1. The van der Waals surface area contributed by atoms with Crippen molar-refractivity contribution in [3.63, 3.8) is 0 Å². The van der Waals surface area contributed by atoms with Gasteiger partial charge in [-0.25, -0.2) is 0 Å². The standard InChI is InChI=1S/C9H10N2O4/c12-4-2-1-3-7-5-8(11(14)15)6-10-9(7)13/h1,3,5-6,12H,2,4H2,(H,10,13). The molecular formula is C9H10N2O4. The Balaban J connectivity index is 3.00. The predicted molar refractivity (Wildman–Crippen MR) is 54.5 cm³/mol. The van der Waals surface area contributed by atoms with E-state index < -0.39 is 10.5 Å². The molecule has 1 rings (SSSR count). The van der Waals surface area contributed by atoms with Crippen LogP contribution in [0.2, 0.25) is 0 Å². The Morgan fingerprint density at radius 3 is 2.93 bits per heavy atom. The molecular weight excluding hydrogens is 200 g/mol. The van der Waals surface area contributed by atoms with Gasteiger partial charge in [-0.3, -0.25) is 14.9 Å². The second-order valence-electron chi connectivity index (χ2n) is 2.81. The summed E-state index contributed by atoms with van der Waals surface area (Å²) in [4.78, 5) is 23.3. The van der Waals surface area contributed by atoms with Crippen molar-refractivity contribution in [1.82, 2.24) is 4.98 Å². The maximum Gasteiger partial charge on any atom is 0.286 e. The summed E-state index contributed by atoms with van der Waals surface area (Å²) in [6.45, 7) is -0.0245. The summed E-state index contributed by atoms with van der Waals surface area (Å²) < 4.78 is 0. The maximum atomic E-state index is 11.2. The third kappa shape index (κ3) is 3.03. The van der Waals surface area contributed by atoms with E-state index in [1.807, 2.05) is 0 Å². The van der Waals surface area contributed by atoms with Gasteiger partial charge in [0.1, 0.15) is 0 Å². The van der Waals surface area contributed by atoms with Crippen LogP contribution < -0.4 is 5.56 Å². The molecule has 1 aromatic heterocycles. The summed E-state index contributed by atoms with van der Waals surface area (Å²) in [5.41, 5.74) is -0.356. The highest BCUT2D eigenvalue weighted by atomic mass is 16.6. The number of nitrogens with zero attached hydrogens (tertiary/aromatic N) is 1. The summed E-state index contributed by atoms with van der Waals surface area (Å²) >= 11 is 0. The van der Waals surface area contributed by atoms with E-state index in [-0.39, 0.29) is 17.9 Å². The Hall–Kier alpha value is -1.95. The van der Waals surface area contributed by atoms with Gasteiger partial charge >= 0.3 is 0 Å². The summed E-state index contributed by atoms with van der Waals surface area (Å²) in [6.07, 6.45) is 4.48. The molecule has 0 spiro atoms. The largest absolute Gasteiger partial charge is 0.396 e. The van der Waals surface area contributed by atoms with E-state index in [0.717, 1.165) is 6.20 Å². The molecule has 15 heavy (non-hydrogen) atoms. The van der Waals surface area contributed by atoms with Gasteiger partial charge in [0, 0.05) is 18.2 Å². The van der Waals surface area contributed by atoms with Crippen molar-refractivity contribution in [2.45, 2.75) is 6.42 Å². The molecule has 1 aromatic rings. The SMILES string of the molecule is O=c1[nH]cc([N+](=O)[O-])cc1C=CCCO. The molecule has 1 heterocycles. The number of hydrogen-bond donors (Lipinski definition) is 2. The number of aromatic amines is 1. The number of aliphatic hydroxyl groups excluding tert-OH is 1. The number of rotatable bonds is 4. The zero-order chi connectivity index (χ0) is 11.3. The van der Waals surface area contributed by atoms with Crippen LogP contribution in [0.3, 0.4) is 0 Å². The fourth-order valence-electron chi connectivity index (χ4n) is 1.00. The zero-order valence-electron chi connectivity index (χ0n) is 7.84. The Labute approximate surface area is 85.0 Å². The van der Waals surface area contributed by atoms with Crippen molar-refractivity contribution < 1.29 is 10.0 Å². The van der Waals surface area contributed by atoms with Gasteiger partial charge in [0.25, 0.3) is 11.2 Å². The van der Waals surface area contributed by atoms with Crippen LogP contribution in [0.15, 0.2) is 23.1 Å². The molecule has 0 atom stereocenters. The third-order valence-electron chi connectivity index (χ3n) is 1.72. The molecule has 80 valence electrons. The van der Waals surface area contributed by atoms with Crippen molar-refractivity contribution in [1.29, 1.82) is 0 Å². The lowest BCUT2D eigenvalue weighted by molar-refractivity contribution is -0.385. The van der Waals surface area contributed by atoms with Gasteiger partial charge in [-0.2, -0.15) is 0 Å². The molecule has 0 aliphatic carbocycles. The number of hydrogen-bond acceptors (Lipinski definition) is 4. The summed E-state index contributed by atoms with van der Waals surface area (Å²) in [7, 11) is 0. The number of pyridine rings is 1. The first-order valence-corrected chi connectivity index (χ1v) is 4.29. The number of aliphatic hydroxyl groups is 1. The molecule has 0 aliphatic rings. The van der Waals surface area contributed by atoms with Gasteiger partial charge < -0.3 is 10.1 Å². The Bertz CT molecular complexity index is 436. The lowest BCUT2D eigenvalue weighted by atomic mass is 10.2. The number of nitro groups is 1. The molecule has 0 aliphatic heterocycles. The quantitative estimate of drug-likeness (QED) is 0.564. The summed E-state index contributed by atoms with van der Waals surface area (Å²) in [5.74, 6) is 0. The van der Waals surface area contributed by atoms with E-state index in [4.69, 9.17) is 5.11 Å². The van der Waals surface area contributed by atoms with Gasteiger partial charge in [0.05, 0.1) is 11.1 Å². The third-order valence-corrected chi connectivity index (χ3v) is 1.72. The smallest absolute Gasteiger partial charge is 0.286 e. The van der Waals surface area contributed by atoms with Crippen LogP contribution >= 0.6 is 0 Å². The molecule has 0 unspecified atom stereocenters. The molecule has 0 saturated carbocycles. The lowest BCUT2D eigenvalue weighted by Gasteiger charge is -1.93. The average molecular weight is 210 g/mol. The minimum atomic E-state index is -0.584. The molecule has 0 radical (unpaired) electrons. The number of H-pyrrole nitrogens is 1. The number of nitrogens with one attached hydrogen (secondary N) is 1. The van der Waals surface area contributed by atoms with E-state index in [9.17, 15) is 14.9 Å². The van der Waals surface area contributed by atoms with Crippen LogP contribution in [0, 0.1) is 10.1 Å². The highest BCUT2D eigenvalue weighted by molar-refractivity contribution is 5.51. The highest BCUT2D eigenvalue weighted by Crippen LogP contribution is 2.09. The van der Waals surface area contributed by atoms with E-state index in [0.29, 0.717) is 6.42 Å². The second-order valence-corrected chi connectivity index (χ2v) is 2.81. The molecule has 0 bridgehead atoms. The van der Waals surface area contributed by atoms with Gasteiger partial charge in [-0.15, -0.1) is 0 Å². The first-order valence-electron chi connectivity index (χ1n) is 4.29. The molecule has 2 N–H and O–H groups in total. The Kier molecular flexibility index (Phi) is 3.75. The van der Waals surface area contributed by atoms with Crippen LogP contribution in [-0.4, -0.2) is 21.6 Å². The minimum absolute atomic E-state index is 0.0245. The van der Waals surface area contributed by atoms with Crippen molar-refractivity contribution in [2.24, 2.45) is 0 Å². The molecule has 0 aromatic carbocycles. The monoisotopic (exact) mass is 210 g/mol. The van der Waals surface area contributed by atoms with Gasteiger partial charge in [0.2, 0.25) is 0 Å². The molecule has 6 nitrogen and oxygen atoms in total. The van der Waals surface area contributed by atoms with Crippen molar-refractivity contribution in [3.05, 3.63) is 44.4 Å². The van der Waals surface area contributed by atoms with Crippen molar-refractivity contribution in [2.75, 3.05) is 6.61 Å². The maximum absolute atomic E-state index is 11.2. The lowest BCUT2D eigenvalue weighted by Crippen LogP contribution is -2.09. The van der Waals surface area contributed by atoms with E-state index >= 15 is 0 Å². The molecule has 0 amide bonds. The van der Waals surface area contributed by atoms with E-state index in [1.165, 1.54) is 12.1 Å². The van der Waals surface area contributed by atoms with Gasteiger partial charge in [-0.05, 0) is 6.42 Å². The van der Waals surface area contributed by atoms with Crippen LogP contribution in [0.4, 0.5) is 5.69 Å². The van der Waals surface area contributed by atoms with Crippen molar-refractivity contribution >= 4 is 11.8 Å². The van der Waals surface area contributed by atoms with Crippen LogP contribution in [0.1, 0.15) is 12.0 Å². The minimum Gasteiger partial charge on any atom is -0.396 e. The Morgan fingerprint density at radius 1 is 1.60 bits per heavy atom. The predicted octanol–water partition coefficient (Wildman–Crippen LogP) is 0.679. The summed E-state index contributed by atoms with van der Waals surface area (Å²) in [6, 6.07) is 1.19. The summed E-state index contributed by atoms with van der Waals surface area (Å²) in [5, 5.41) is 18.9. The first kappa shape index (κ1) is 11.1. The average Bonchev–Trinajstić information content (AvgIpc) is 2.20. The highest BCUT2D eigenvalue weighted by Gasteiger charge is 2.07. The fourth-order valence-corrected chi connectivity index (χ4v) is 1.00. The molecule has 0 fully saturated rings. The van der Waals surface area contributed by atoms with Crippen LogP contribution in [-0.2, 0) is 0 Å². The molecule has 6 heteroatoms. The van der Waals surface area contributed by atoms with Gasteiger partial charge in [0.15, 0.2) is 0 Å². The zero-order valence-corrected chi connectivity index (χ0v) is 7.84. The van der Waals surface area contributed by atoms with Crippen LogP contribution in [0.25, 0.3) is 6.08 Å². The first-order chi connectivity index (χ1) is 7.15. The van der Waals surface area contributed by atoms with Crippen molar-refractivity contribution in [3.8, 4) is 0 Å². The fraction of sp³-hybridized carbons (Fsp3) is 0.222. The topological polar surface area (TPSA) is 96.2 Å². The van der Waals surface area contributed by atoms with Gasteiger partial charge in [-0.1, -0.05) is 12.2 Å². The Morgan fingerprint density at radius 2 is 2.33 bits per heavy atom. The normalized spacial score (nSPS) is 10.7. The second kappa shape index (κ2) is 5.06. The molecule has 0 saturated heterocycles. The van der Waals surface area contributed by atoms with Crippen LogP contribution in [0.5, 0.6) is 0 Å².